The second kappa shape index (κ2) is 45.0. The molecule has 0 aliphatic heterocycles. The molecule has 0 N–H and O–H groups in total. The fraction of sp³-hybridized carbons (Fsp3) is 0.600. The highest BCUT2D eigenvalue weighted by Gasteiger charge is 1.99. The number of carbonyl (C=O) groups is 4. The third-order valence-corrected chi connectivity index (χ3v) is 7.30. The predicted molar refractivity (Wildman–Crippen MR) is 221 cm³/mol. The fourth-order valence-corrected chi connectivity index (χ4v) is 4.30. The van der Waals surface area contributed by atoms with E-state index >= 15 is 0 Å². The molecule has 54 heavy (non-hydrogen) atoms. The van der Waals surface area contributed by atoms with E-state index in [0.29, 0.717) is 32.3 Å². The van der Waals surface area contributed by atoms with Gasteiger partial charge in [0.1, 0.15) is 19.0 Å². The average Bonchev–Trinajstić information content (AvgIpc) is 3.19. The lowest BCUT2D eigenvalue weighted by molar-refractivity contribution is -0.139. The normalized spacial score (nSPS) is 9.65. The van der Waals surface area contributed by atoms with Gasteiger partial charge < -0.3 is 23.7 Å². The molecule has 0 fully saturated rings. The van der Waals surface area contributed by atoms with Crippen LogP contribution in [0.1, 0.15) is 137 Å². The Balaban J connectivity index is -0.000000655. The predicted octanol–water partition coefficient (Wildman–Crippen LogP) is 11.3. The molecule has 1 rings (SSSR count). The number of ether oxygens (including phenoxy) is 5. The molecule has 0 saturated heterocycles. The van der Waals surface area contributed by atoms with Crippen molar-refractivity contribution in [2.24, 2.45) is 5.92 Å². The molecule has 1 aromatic carbocycles. The highest BCUT2D eigenvalue weighted by molar-refractivity contribution is 5.82. The molecule has 0 unspecified atom stereocenters. The van der Waals surface area contributed by atoms with E-state index in [0.717, 1.165) is 31.1 Å². The smallest absolute Gasteiger partial charge is 0.330 e. The van der Waals surface area contributed by atoms with E-state index in [9.17, 15) is 19.2 Å². The van der Waals surface area contributed by atoms with Gasteiger partial charge in [0.05, 0.1) is 19.8 Å². The van der Waals surface area contributed by atoms with Gasteiger partial charge in [-0.25, -0.2) is 19.2 Å². The van der Waals surface area contributed by atoms with Crippen molar-refractivity contribution in [1.82, 2.24) is 0 Å². The number of rotatable bonds is 29. The summed E-state index contributed by atoms with van der Waals surface area (Å²) in [6.45, 7) is 23.8. The van der Waals surface area contributed by atoms with Crippen molar-refractivity contribution in [2.75, 3.05) is 33.0 Å². The van der Waals surface area contributed by atoms with E-state index in [1.54, 1.807) is 0 Å². The Morgan fingerprint density at radius 1 is 0.481 bits per heavy atom. The molecular formula is C45H74O9. The Kier molecular flexibility index (Phi) is 45.2. The average molecular weight is 759 g/mol. The van der Waals surface area contributed by atoms with Crippen LogP contribution >= 0.6 is 0 Å². The van der Waals surface area contributed by atoms with E-state index in [-0.39, 0.29) is 24.5 Å². The molecule has 0 aromatic heterocycles. The number of carbonyl (C=O) groups excluding carboxylic acids is 4. The maximum absolute atomic E-state index is 10.7. The van der Waals surface area contributed by atoms with Crippen molar-refractivity contribution in [1.29, 1.82) is 0 Å². The van der Waals surface area contributed by atoms with Gasteiger partial charge in [-0.1, -0.05) is 169 Å². The van der Waals surface area contributed by atoms with E-state index in [1.807, 2.05) is 44.2 Å². The molecular weight excluding hydrogens is 684 g/mol. The van der Waals surface area contributed by atoms with Crippen LogP contribution in [0.25, 0.3) is 0 Å². The first-order valence-electron chi connectivity index (χ1n) is 20.0. The summed E-state index contributed by atoms with van der Waals surface area (Å²) >= 11 is 0. The Hall–Kier alpha value is -4.14. The zero-order valence-corrected chi connectivity index (χ0v) is 34.3. The van der Waals surface area contributed by atoms with Crippen LogP contribution in [0.15, 0.2) is 81.0 Å². The SMILES string of the molecule is C=CC(=O)OCC(C)C.C=CC(=O)OCCCCCCCCC.C=CC(=O)OCCCCCCCCCCCC.C=CC(=O)OCCOc1ccccc1. The first kappa shape index (κ1) is 54.2. The Labute approximate surface area is 328 Å². The molecule has 0 atom stereocenters. The summed E-state index contributed by atoms with van der Waals surface area (Å²) in [5.41, 5.74) is 0. The van der Waals surface area contributed by atoms with E-state index in [4.69, 9.17) is 23.7 Å². The standard InChI is InChI=1S/C15H28O2.C12H22O2.C11H12O3.C7H12O2/c1-3-5-6-7-8-9-10-11-12-13-14-17-15(16)4-2;1-3-5-6-7-8-9-10-11-14-12(13)4-2;1-2-11(12)14-9-8-13-10-6-4-3-5-7-10;1-4-7(8)9-5-6(2)3/h4H,2-3,5-14H2,1H3;4H,2-3,5-11H2,1H3;2-7H,1,8-9H2;4,6H,1,5H2,2-3H3. The number of hydrogen-bond acceptors (Lipinski definition) is 9. The van der Waals surface area contributed by atoms with Crippen LogP contribution in [-0.2, 0) is 38.1 Å². The molecule has 0 spiro atoms. The molecule has 0 amide bonds. The number of para-hydroxylation sites is 1. The minimum Gasteiger partial charge on any atom is -0.490 e. The lowest BCUT2D eigenvalue weighted by Gasteiger charge is -2.05. The van der Waals surface area contributed by atoms with Gasteiger partial charge >= 0.3 is 23.9 Å². The zero-order chi connectivity index (χ0) is 40.9. The van der Waals surface area contributed by atoms with Crippen molar-refractivity contribution in [3.8, 4) is 5.75 Å². The van der Waals surface area contributed by atoms with Gasteiger partial charge in [-0.05, 0) is 30.9 Å². The van der Waals surface area contributed by atoms with Crippen molar-refractivity contribution in [2.45, 2.75) is 137 Å². The van der Waals surface area contributed by atoms with Gasteiger partial charge in [-0.15, -0.1) is 0 Å². The molecule has 308 valence electrons. The van der Waals surface area contributed by atoms with Gasteiger partial charge in [0.15, 0.2) is 0 Å². The summed E-state index contributed by atoms with van der Waals surface area (Å²) in [6.07, 6.45) is 26.4. The molecule has 9 nitrogen and oxygen atoms in total. The topological polar surface area (TPSA) is 114 Å². The van der Waals surface area contributed by atoms with Gasteiger partial charge in [-0.2, -0.15) is 0 Å². The minimum absolute atomic E-state index is 0.236. The first-order valence-corrected chi connectivity index (χ1v) is 20.0. The Morgan fingerprint density at radius 3 is 1.17 bits per heavy atom. The molecule has 0 heterocycles. The van der Waals surface area contributed by atoms with Crippen molar-refractivity contribution >= 4 is 23.9 Å². The lowest BCUT2D eigenvalue weighted by Crippen LogP contribution is -2.09. The fourth-order valence-electron chi connectivity index (χ4n) is 4.30. The van der Waals surface area contributed by atoms with E-state index < -0.39 is 5.97 Å². The van der Waals surface area contributed by atoms with E-state index in [1.165, 1.54) is 108 Å². The second-order valence-corrected chi connectivity index (χ2v) is 12.8. The van der Waals surface area contributed by atoms with Gasteiger partial charge in [-0.3, -0.25) is 0 Å². The van der Waals surface area contributed by atoms with Crippen molar-refractivity contribution in [3.05, 3.63) is 81.0 Å². The quantitative estimate of drug-likeness (QED) is 0.0341. The second-order valence-electron chi connectivity index (χ2n) is 12.8. The zero-order valence-electron chi connectivity index (χ0n) is 34.3. The highest BCUT2D eigenvalue weighted by atomic mass is 16.6. The molecule has 0 bridgehead atoms. The first-order chi connectivity index (χ1) is 26.1. The maximum Gasteiger partial charge on any atom is 0.330 e. The van der Waals surface area contributed by atoms with Crippen LogP contribution in [0.2, 0.25) is 0 Å². The van der Waals surface area contributed by atoms with Crippen LogP contribution in [0.5, 0.6) is 5.75 Å². The van der Waals surface area contributed by atoms with Gasteiger partial charge in [0.25, 0.3) is 0 Å². The number of esters is 4. The minimum atomic E-state index is -0.429. The summed E-state index contributed by atoms with van der Waals surface area (Å²) in [7, 11) is 0. The van der Waals surface area contributed by atoms with Crippen molar-refractivity contribution in [3.63, 3.8) is 0 Å². The largest absolute Gasteiger partial charge is 0.490 e. The van der Waals surface area contributed by atoms with Gasteiger partial charge in [0.2, 0.25) is 0 Å². The van der Waals surface area contributed by atoms with Crippen LogP contribution in [-0.4, -0.2) is 56.9 Å². The van der Waals surface area contributed by atoms with Crippen LogP contribution in [0.4, 0.5) is 0 Å². The summed E-state index contributed by atoms with van der Waals surface area (Å²) in [5.74, 6) is -0.224. The number of unbranched alkanes of at least 4 members (excludes halogenated alkanes) is 15. The molecule has 0 aliphatic carbocycles. The third kappa shape index (κ3) is 47.9. The van der Waals surface area contributed by atoms with Crippen LogP contribution < -0.4 is 4.74 Å². The molecule has 0 radical (unpaired) electrons. The molecule has 9 heteroatoms. The number of hydrogen-bond donors (Lipinski definition) is 0. The molecule has 1 aromatic rings. The summed E-state index contributed by atoms with van der Waals surface area (Å²) in [6, 6.07) is 9.35. The summed E-state index contributed by atoms with van der Waals surface area (Å²) < 4.78 is 24.5. The molecule has 0 saturated carbocycles. The maximum atomic E-state index is 10.7. The molecule has 0 aliphatic rings. The van der Waals surface area contributed by atoms with Crippen LogP contribution in [0, 0.1) is 5.92 Å². The Morgan fingerprint density at radius 2 is 0.815 bits per heavy atom. The highest BCUT2D eigenvalue weighted by Crippen LogP contribution is 2.11. The van der Waals surface area contributed by atoms with Gasteiger partial charge in [0, 0.05) is 24.3 Å². The monoisotopic (exact) mass is 759 g/mol. The summed E-state index contributed by atoms with van der Waals surface area (Å²) in [4.78, 5) is 42.4. The Bertz CT molecular complexity index is 1070. The number of benzene rings is 1. The summed E-state index contributed by atoms with van der Waals surface area (Å²) in [5, 5.41) is 0. The van der Waals surface area contributed by atoms with Crippen molar-refractivity contribution < 1.29 is 42.9 Å². The lowest BCUT2D eigenvalue weighted by atomic mass is 10.1. The van der Waals surface area contributed by atoms with E-state index in [2.05, 4.69) is 40.2 Å². The van der Waals surface area contributed by atoms with Crippen LogP contribution in [0.3, 0.4) is 0 Å². The third-order valence-electron chi connectivity index (χ3n) is 7.30.